The maximum atomic E-state index is 13.6. The normalized spacial score (nSPS) is 9.99. The molecule has 0 amide bonds. The molecule has 0 aliphatic carbocycles. The molecule has 0 saturated carbocycles. The van der Waals surface area contributed by atoms with Gasteiger partial charge in [0.1, 0.15) is 17.2 Å². The minimum atomic E-state index is -0.990. The molecule has 4 N–H and O–H groups in total. The third-order valence-electron chi connectivity index (χ3n) is 13.0. The largest absolute Gasteiger partial charge is 0.512 e. The van der Waals surface area contributed by atoms with E-state index in [-0.39, 0.29) is 152 Å². The molecule has 0 atom stereocenters. The van der Waals surface area contributed by atoms with E-state index in [4.69, 9.17) is 24.8 Å². The van der Waals surface area contributed by atoms with Gasteiger partial charge < -0.3 is 39.8 Å². The van der Waals surface area contributed by atoms with Crippen molar-refractivity contribution < 1.29 is 153 Å². The van der Waals surface area contributed by atoms with Gasteiger partial charge in [0.2, 0.25) is 0 Å². The van der Waals surface area contributed by atoms with Crippen molar-refractivity contribution in [3.63, 3.8) is 0 Å². The molecular weight excluding hydrogens is 2280 g/mol. The van der Waals surface area contributed by atoms with Crippen LogP contribution in [-0.4, -0.2) is 73.6 Å². The van der Waals surface area contributed by atoms with Gasteiger partial charge in [0.25, 0.3) is 0 Å². The maximum absolute atomic E-state index is 13.6. The minimum Gasteiger partial charge on any atom is -0.512 e. The van der Waals surface area contributed by atoms with Crippen LogP contribution in [0.5, 0.6) is 0 Å². The Hall–Kier alpha value is -9.81. The molecule has 7 aromatic heterocycles. The number of oxazole rings is 1. The molecule has 0 saturated heterocycles. The van der Waals surface area contributed by atoms with Gasteiger partial charge in [0.05, 0.1) is 28.3 Å². The van der Waals surface area contributed by atoms with Crippen LogP contribution in [0.15, 0.2) is 301 Å². The van der Waals surface area contributed by atoms with E-state index in [1.165, 1.54) is 94.4 Å². The summed E-state index contributed by atoms with van der Waals surface area (Å²) in [5, 5.41) is 35.7. The fraction of sp³-hybridized carbons (Fsp3) is 0.0824. The number of carbonyl (C=O) groups excluding carboxylic acids is 3. The number of aromatic nitrogens is 6. The molecule has 565 valence electrons. The average Bonchev–Trinajstić information content (AvgIpc) is 1.73. The molecule has 5 radical (unpaired) electrons. The summed E-state index contributed by atoms with van der Waals surface area (Å²) in [6.07, 6.45) is 10.1. The van der Waals surface area contributed by atoms with E-state index >= 15 is 0 Å². The number of benzene rings is 7. The Labute approximate surface area is 698 Å². The van der Waals surface area contributed by atoms with E-state index in [0.29, 0.717) is 11.6 Å². The quantitative estimate of drug-likeness (QED) is 0.0597. The standard InChI is InChI=1S/C15H10N.C13H8NO.C13H8NS.C12H8F2N.C11H8N.C6H5NO2.3C5H8O2.5Ir/c1-2-6-12(7-3-1)15-11-10-13-8-4-5-9-14(13)16-15;1-2-6-10(7-3-1)13-14-11-8-4-5-9-12(11)15-13;1-2-7-12-10(5-1)9-13(15-12)11-6-3-4-8-14-11;1-8-10(13)6-5-9(12(8)14)11-4-2-3-7-15-11;1-2-6-10(7-3-1)11-8-4-5-9-12-11;8-6(9)5-3-1-2-4-7-5;3*1-4(6)3-5(2)7;;;;;/h1-6,8-11H;1-6,8-9H;1-8H;2-4,6-7H,1H3;1-6,8-9H;1-4H,(H,8,9);3*3,6H,1-2H3;;;;;/q5*-1;;;;;;;;;. The number of carboxylic acid groups (broad SMARTS) is 1. The van der Waals surface area contributed by atoms with E-state index in [1.807, 2.05) is 170 Å². The second-order valence-corrected chi connectivity index (χ2v) is 22.6. The number of halogens is 2. The Morgan fingerprint density at radius 2 is 0.880 bits per heavy atom. The van der Waals surface area contributed by atoms with Crippen molar-refractivity contribution in [2.45, 2.75) is 48.5 Å². The summed E-state index contributed by atoms with van der Waals surface area (Å²) in [4.78, 5) is 66.4. The molecule has 7 heterocycles. The van der Waals surface area contributed by atoms with Gasteiger partial charge in [-0.3, -0.25) is 33.1 Å². The van der Waals surface area contributed by atoms with Crippen LogP contribution in [0.4, 0.5) is 8.78 Å². The Morgan fingerprint density at radius 1 is 0.435 bits per heavy atom. The number of aliphatic hydroxyl groups excluding tert-OH is 3. The van der Waals surface area contributed by atoms with E-state index in [2.05, 4.69) is 90.6 Å². The maximum Gasteiger partial charge on any atom is 0.354 e. The minimum absolute atomic E-state index is 0. The Bertz CT molecular complexity index is 4770. The van der Waals surface area contributed by atoms with Gasteiger partial charge in [-0.15, -0.1) is 138 Å². The number of thiophene rings is 1. The van der Waals surface area contributed by atoms with Crippen LogP contribution in [0.2, 0.25) is 0 Å². The first-order valence-corrected chi connectivity index (χ1v) is 32.4. The number of para-hydroxylation sites is 3. The summed E-state index contributed by atoms with van der Waals surface area (Å²) >= 11 is 1.73. The number of aromatic carboxylic acids is 1. The van der Waals surface area contributed by atoms with Crippen molar-refractivity contribution in [3.8, 4) is 55.8 Å². The monoisotopic (exact) mass is 2350 g/mol. The molecule has 14 rings (SSSR count). The van der Waals surface area contributed by atoms with Gasteiger partial charge in [0, 0.05) is 161 Å². The first-order chi connectivity index (χ1) is 49.6. The number of pyridine rings is 5. The van der Waals surface area contributed by atoms with E-state index < -0.39 is 17.6 Å². The van der Waals surface area contributed by atoms with Crippen LogP contribution in [0.1, 0.15) is 57.6 Å². The summed E-state index contributed by atoms with van der Waals surface area (Å²) in [6, 6.07) is 89.8. The Balaban J connectivity index is 0.000000614. The molecule has 14 aromatic rings. The predicted molar refractivity (Wildman–Crippen MR) is 402 cm³/mol. The summed E-state index contributed by atoms with van der Waals surface area (Å²) in [6.45, 7) is 9.94. The van der Waals surface area contributed by atoms with Gasteiger partial charge in [-0.1, -0.05) is 121 Å². The molecule has 23 heteroatoms. The molecule has 15 nitrogen and oxygen atoms in total. The molecule has 7 aromatic carbocycles. The fourth-order valence-corrected chi connectivity index (χ4v) is 9.54. The third-order valence-corrected chi connectivity index (χ3v) is 14.1. The molecule has 0 bridgehead atoms. The van der Waals surface area contributed by atoms with Crippen LogP contribution in [0.25, 0.3) is 87.9 Å². The fourth-order valence-electron chi connectivity index (χ4n) is 8.56. The Kier molecular flexibility index (Phi) is 47.3. The summed E-state index contributed by atoms with van der Waals surface area (Å²) < 4.78 is 33.5. The van der Waals surface area contributed by atoms with Crippen molar-refractivity contribution in [2.75, 3.05) is 0 Å². The van der Waals surface area contributed by atoms with E-state index in [0.717, 1.165) is 61.3 Å². The van der Waals surface area contributed by atoms with Crippen LogP contribution >= 0.6 is 11.3 Å². The number of ketones is 3. The summed E-state index contributed by atoms with van der Waals surface area (Å²) in [7, 11) is 0. The number of allylic oxidation sites excluding steroid dienone is 6. The average molecular weight is 2350 g/mol. The number of fused-ring (bicyclic) bond motifs is 3. The number of hydrogen-bond acceptors (Lipinski definition) is 15. The number of rotatable bonds is 9. The van der Waals surface area contributed by atoms with Crippen LogP contribution < -0.4 is 0 Å². The molecule has 0 aliphatic rings. The van der Waals surface area contributed by atoms with Crippen LogP contribution in [-0.2, 0) is 115 Å². The number of carboxylic acids is 1. The van der Waals surface area contributed by atoms with E-state index in [9.17, 15) is 28.0 Å². The van der Waals surface area contributed by atoms with Crippen molar-refractivity contribution in [2.24, 2.45) is 0 Å². The van der Waals surface area contributed by atoms with Crippen molar-refractivity contribution in [1.29, 1.82) is 0 Å². The number of hydrogen-bond donors (Lipinski definition) is 4. The summed E-state index contributed by atoms with van der Waals surface area (Å²) in [5.74, 6) is -1.75. The van der Waals surface area contributed by atoms with Crippen LogP contribution in [0.3, 0.4) is 0 Å². The number of aliphatic hydroxyl groups is 3. The second-order valence-electron chi connectivity index (χ2n) is 21.6. The van der Waals surface area contributed by atoms with Gasteiger partial charge in [-0.05, 0) is 122 Å². The molecule has 0 spiro atoms. The SMILES string of the molecule is CC(=O)C=C(C)O.CC(=O)C=C(C)O.CC(=O)C=C(C)O.Cc1c(F)c[c-]c(-c2ccccn2)c1F.O=C(O)c1ccccn1.[Ir].[Ir].[Ir].[Ir].[Ir].[c-]1c(-c2ccccn2)sc2ccccc12.[c-]1ccccc1-c1ccc2ccccc2n1.[c-]1ccccc1-c1ccccn1.[c-]1ccccc1-c1nc2ccccc2o1. The zero-order valence-corrected chi connectivity index (χ0v) is 71.7. The summed E-state index contributed by atoms with van der Waals surface area (Å²) in [5.41, 5.74) is 9.35. The Morgan fingerprint density at radius 3 is 1.32 bits per heavy atom. The van der Waals surface area contributed by atoms with Gasteiger partial charge >= 0.3 is 5.97 Å². The topological polar surface area (TPSA) is 240 Å². The van der Waals surface area contributed by atoms with Gasteiger partial charge in [0.15, 0.2) is 17.3 Å². The zero-order valence-electron chi connectivity index (χ0n) is 58.9. The van der Waals surface area contributed by atoms with E-state index in [1.54, 1.807) is 54.1 Å². The van der Waals surface area contributed by atoms with Gasteiger partial charge in [-0.25, -0.2) is 21.1 Å². The first-order valence-electron chi connectivity index (χ1n) is 31.6. The first kappa shape index (κ1) is 96.2. The number of nitrogens with zero attached hydrogens (tertiary/aromatic N) is 6. The molecule has 0 fully saturated rings. The number of carbonyl (C=O) groups is 4. The van der Waals surface area contributed by atoms with Crippen molar-refractivity contribution in [1.82, 2.24) is 29.9 Å². The van der Waals surface area contributed by atoms with Crippen molar-refractivity contribution >= 4 is 66.7 Å². The third kappa shape index (κ3) is 35.3. The molecule has 0 unspecified atom stereocenters. The molecule has 108 heavy (non-hydrogen) atoms. The van der Waals surface area contributed by atoms with Crippen LogP contribution in [0, 0.1) is 48.9 Å². The zero-order chi connectivity index (χ0) is 74.3. The molecular formula is C85H71F2Ir5N6O9S-5. The van der Waals surface area contributed by atoms with Gasteiger partial charge in [-0.2, -0.15) is 0 Å². The predicted octanol–water partition coefficient (Wildman–Crippen LogP) is 20.3. The molecule has 0 aliphatic heterocycles. The smallest absolute Gasteiger partial charge is 0.354 e. The second kappa shape index (κ2) is 53.1. The van der Waals surface area contributed by atoms with Crippen molar-refractivity contribution in [3.05, 3.63) is 350 Å².